The van der Waals surface area contributed by atoms with Crippen LogP contribution in [0, 0.1) is 5.53 Å². The van der Waals surface area contributed by atoms with Gasteiger partial charge in [0.2, 0.25) is 0 Å². The summed E-state index contributed by atoms with van der Waals surface area (Å²) in [6.45, 7) is 0. The molecule has 0 saturated carbocycles. The van der Waals surface area contributed by atoms with E-state index in [2.05, 4.69) is 46.2 Å². The molecule has 0 amide bonds. The summed E-state index contributed by atoms with van der Waals surface area (Å²) in [7, 11) is -2.28. The van der Waals surface area contributed by atoms with Crippen LogP contribution in [-0.4, -0.2) is 0 Å². The Kier molecular flexibility index (Phi) is 4.20. The van der Waals surface area contributed by atoms with Crippen LogP contribution < -0.4 is 20.8 Å². The molecule has 3 aromatic carbocycles. The first kappa shape index (κ1) is 14.3. The van der Waals surface area contributed by atoms with Crippen molar-refractivity contribution in [2.45, 2.75) is 0 Å². The third-order valence-electron chi connectivity index (χ3n) is 3.57. The third kappa shape index (κ3) is 2.48. The molecule has 0 aliphatic rings. The second-order valence-electron chi connectivity index (χ2n) is 4.83. The fourth-order valence-electron chi connectivity index (χ4n) is 2.60. The zero-order valence-corrected chi connectivity index (χ0v) is 12.9. The van der Waals surface area contributed by atoms with Gasteiger partial charge in [0.15, 0.2) is 0 Å². The van der Waals surface area contributed by atoms with Crippen molar-refractivity contribution in [1.29, 1.82) is 5.53 Å². The van der Waals surface area contributed by atoms with Crippen LogP contribution in [0.25, 0.3) is 0 Å². The molecule has 4 heteroatoms. The molecule has 106 valence electrons. The van der Waals surface area contributed by atoms with E-state index in [1.54, 1.807) is 0 Å². The van der Waals surface area contributed by atoms with E-state index in [-0.39, 0.29) is 0 Å². The van der Waals surface area contributed by atoms with Crippen molar-refractivity contribution in [3.63, 3.8) is 0 Å². The van der Waals surface area contributed by atoms with Gasteiger partial charge in [0.1, 0.15) is 21.4 Å². The van der Waals surface area contributed by atoms with Crippen molar-refractivity contribution in [3.8, 4) is 0 Å². The van der Waals surface area contributed by atoms with E-state index >= 15 is 0 Å². The van der Waals surface area contributed by atoms with Crippen LogP contribution in [0.5, 0.6) is 0 Å². The van der Waals surface area contributed by atoms with Crippen LogP contribution in [0.4, 0.5) is 0 Å². The summed E-state index contributed by atoms with van der Waals surface area (Å²) < 4.78 is 0. The van der Waals surface area contributed by atoms with Gasteiger partial charge in [-0.05, 0) is 36.4 Å². The molecule has 3 rings (SSSR count). The molecule has 0 bridgehead atoms. The van der Waals surface area contributed by atoms with Gasteiger partial charge in [0.05, 0.1) is 0 Å². The van der Waals surface area contributed by atoms with E-state index < -0.39 is 7.41 Å². The van der Waals surface area contributed by atoms with Crippen molar-refractivity contribution in [3.05, 3.63) is 91.0 Å². The molecular formula is C18H16N3P+2. The Morgan fingerprint density at radius 3 is 1.18 bits per heavy atom. The maximum atomic E-state index is 7.39. The van der Waals surface area contributed by atoms with Crippen molar-refractivity contribution >= 4 is 23.3 Å². The highest BCUT2D eigenvalue weighted by Gasteiger charge is 2.52. The largest absolute Gasteiger partial charge is 0.322 e. The topological polar surface area (TPSA) is 50.3 Å². The Morgan fingerprint density at radius 1 is 0.591 bits per heavy atom. The van der Waals surface area contributed by atoms with Crippen LogP contribution in [0.2, 0.25) is 0 Å². The van der Waals surface area contributed by atoms with E-state index in [0.29, 0.717) is 0 Å². The minimum absolute atomic E-state index is 1.10. The van der Waals surface area contributed by atoms with Gasteiger partial charge in [0.25, 0.3) is 9.80 Å². The summed E-state index contributed by atoms with van der Waals surface area (Å²) in [6, 6.07) is 30.5. The number of hydrogen-bond donors (Lipinski definition) is 1. The lowest BCUT2D eigenvalue weighted by molar-refractivity contribution is 1.03. The average Bonchev–Trinajstić information content (AvgIpc) is 2.62. The van der Waals surface area contributed by atoms with Crippen LogP contribution in [0.1, 0.15) is 0 Å². The monoisotopic (exact) mass is 305 g/mol. The fourth-order valence-corrected chi connectivity index (χ4v) is 5.75. The van der Waals surface area contributed by atoms with Crippen LogP contribution in [0.15, 0.2) is 95.9 Å². The van der Waals surface area contributed by atoms with E-state index in [0.717, 1.165) is 15.9 Å². The molecule has 0 fully saturated rings. The Bertz CT molecular complexity index is 686. The molecule has 0 unspecified atom stereocenters. The van der Waals surface area contributed by atoms with Gasteiger partial charge in [-0.2, -0.15) is 0 Å². The van der Waals surface area contributed by atoms with Crippen LogP contribution >= 0.6 is 7.41 Å². The molecule has 22 heavy (non-hydrogen) atoms. The SMILES string of the molecule is N=[N+]=N[P+](c1ccccc1)(c1ccccc1)c1ccccc1. The molecule has 1 N–H and O–H groups in total. The highest BCUT2D eigenvalue weighted by Crippen LogP contribution is 2.56. The first-order chi connectivity index (χ1) is 10.9. The second-order valence-corrected chi connectivity index (χ2v) is 7.83. The van der Waals surface area contributed by atoms with Crippen molar-refractivity contribution in [2.75, 3.05) is 0 Å². The zero-order valence-electron chi connectivity index (χ0n) is 12.0. The predicted molar refractivity (Wildman–Crippen MR) is 92.4 cm³/mol. The Labute approximate surface area is 130 Å². The molecule has 0 aliphatic heterocycles. The molecule has 0 heterocycles. The average molecular weight is 305 g/mol. The predicted octanol–water partition coefficient (Wildman–Crippen LogP) is 3.45. The molecule has 0 aromatic heterocycles. The maximum absolute atomic E-state index is 7.39. The molecular weight excluding hydrogens is 289 g/mol. The lowest BCUT2D eigenvalue weighted by Crippen LogP contribution is -2.29. The zero-order chi connectivity index (χ0) is 15.3. The fraction of sp³-hybridized carbons (Fsp3) is 0. The van der Waals surface area contributed by atoms with E-state index in [9.17, 15) is 0 Å². The third-order valence-corrected chi connectivity index (χ3v) is 7.06. The van der Waals surface area contributed by atoms with Gasteiger partial charge in [0, 0.05) is 0 Å². The lowest BCUT2D eigenvalue weighted by atomic mass is 10.4. The number of nitrogens with zero attached hydrogens (tertiary/aromatic N) is 2. The summed E-state index contributed by atoms with van der Waals surface area (Å²) in [5, 5.41) is 3.30. The molecule has 0 atom stereocenters. The molecule has 0 aliphatic carbocycles. The smallest absolute Gasteiger partial charge is 0.0620 e. The van der Waals surface area contributed by atoms with Gasteiger partial charge in [-0.1, -0.05) is 54.6 Å². The summed E-state index contributed by atoms with van der Waals surface area (Å²) in [4.78, 5) is 7.93. The quantitative estimate of drug-likeness (QED) is 0.436. The van der Waals surface area contributed by atoms with Crippen molar-refractivity contribution in [2.24, 2.45) is 4.88 Å². The van der Waals surface area contributed by atoms with Crippen molar-refractivity contribution in [1.82, 2.24) is 4.91 Å². The normalized spacial score (nSPS) is 10.7. The summed E-state index contributed by atoms with van der Waals surface area (Å²) >= 11 is 0. The number of rotatable bonds is 4. The number of benzene rings is 3. The first-order valence-corrected chi connectivity index (χ1v) is 8.77. The molecule has 3 aromatic rings. The van der Waals surface area contributed by atoms with E-state index in [4.69, 9.17) is 5.53 Å². The van der Waals surface area contributed by atoms with Gasteiger partial charge < -0.3 is 0 Å². The van der Waals surface area contributed by atoms with Crippen LogP contribution in [-0.2, 0) is 0 Å². The summed E-state index contributed by atoms with van der Waals surface area (Å²) in [5.74, 6) is 0. The Hall–Kier alpha value is -2.60. The molecule has 0 spiro atoms. The van der Waals surface area contributed by atoms with Gasteiger partial charge in [-0.25, -0.2) is 0 Å². The minimum atomic E-state index is -2.28. The van der Waals surface area contributed by atoms with Gasteiger partial charge in [-0.15, -0.1) is 0 Å². The van der Waals surface area contributed by atoms with Crippen LogP contribution in [0.3, 0.4) is 0 Å². The van der Waals surface area contributed by atoms with E-state index in [1.165, 1.54) is 0 Å². The Morgan fingerprint density at radius 2 is 0.909 bits per heavy atom. The van der Waals surface area contributed by atoms with Crippen molar-refractivity contribution < 1.29 is 0 Å². The second kappa shape index (κ2) is 6.44. The molecule has 3 nitrogen and oxygen atoms in total. The summed E-state index contributed by atoms with van der Waals surface area (Å²) in [6.07, 6.45) is 0. The lowest BCUT2D eigenvalue weighted by Gasteiger charge is -2.15. The standard InChI is InChI=1S/C18H16N3P/c19-20-21-22(16-10-4-1-5-11-16,17-12-6-2-7-13-17)18-14-8-3-9-15-18/h1-15,19H/q+2. The Balaban J connectivity index is 2.37. The number of nitrogens with one attached hydrogen (secondary N) is 1. The first-order valence-electron chi connectivity index (χ1n) is 7.03. The molecule has 0 radical (unpaired) electrons. The maximum Gasteiger partial charge on any atom is 0.322 e. The summed E-state index contributed by atoms with van der Waals surface area (Å²) in [5.41, 5.74) is 7.39. The van der Waals surface area contributed by atoms with Gasteiger partial charge >= 0.3 is 7.41 Å². The van der Waals surface area contributed by atoms with E-state index in [1.807, 2.05) is 54.6 Å². The molecule has 0 saturated heterocycles. The highest BCUT2D eigenvalue weighted by atomic mass is 31.2. The minimum Gasteiger partial charge on any atom is -0.0620 e. The highest BCUT2D eigenvalue weighted by molar-refractivity contribution is 7.94. The number of hydrogen-bond acceptors (Lipinski definition) is 2. The van der Waals surface area contributed by atoms with Gasteiger partial charge in [-0.3, -0.25) is 0 Å².